The van der Waals surface area contributed by atoms with E-state index < -0.39 is 15.4 Å². The maximum Gasteiger partial charge on any atom is 1.00 e. The van der Waals surface area contributed by atoms with Gasteiger partial charge in [0.15, 0.2) is 0 Å². The molecule has 1 aliphatic rings. The normalized spacial score (nSPS) is 18.8. The first-order chi connectivity index (χ1) is 7.00. The summed E-state index contributed by atoms with van der Waals surface area (Å²) in [6, 6.07) is 7.25. The summed E-state index contributed by atoms with van der Waals surface area (Å²) in [7, 11) is -4.35. The minimum absolute atomic E-state index is 0. The van der Waals surface area contributed by atoms with Crippen LogP contribution in [0.1, 0.15) is 11.1 Å². The van der Waals surface area contributed by atoms with Crippen molar-refractivity contribution < 1.29 is 42.5 Å². The van der Waals surface area contributed by atoms with Crippen LogP contribution in [0.4, 0.5) is 0 Å². The summed E-state index contributed by atoms with van der Waals surface area (Å²) >= 11 is 0. The van der Waals surface area contributed by atoms with E-state index in [0.29, 0.717) is 5.57 Å². The Morgan fingerprint density at radius 3 is 2.50 bits per heavy atom. The first kappa shape index (κ1) is 13.7. The smallest absolute Gasteiger partial charge is 0.747 e. The van der Waals surface area contributed by atoms with Crippen LogP contribution >= 0.6 is 0 Å². The van der Waals surface area contributed by atoms with Crippen LogP contribution in [-0.2, 0) is 10.1 Å². The van der Waals surface area contributed by atoms with Gasteiger partial charge in [-0.15, -0.1) is 0 Å². The average molecular weight is 244 g/mol. The van der Waals surface area contributed by atoms with Crippen LogP contribution in [0, 0.1) is 0 Å². The third-order valence-corrected chi connectivity index (χ3v) is 3.48. The molecule has 0 aromatic heterocycles. The van der Waals surface area contributed by atoms with Crippen LogP contribution in [0.5, 0.6) is 0 Å². The van der Waals surface area contributed by atoms with Crippen molar-refractivity contribution in [3.05, 3.63) is 48.0 Å². The van der Waals surface area contributed by atoms with Crippen LogP contribution in [0.2, 0.25) is 0 Å². The maximum absolute atomic E-state index is 10.9. The van der Waals surface area contributed by atoms with Crippen molar-refractivity contribution in [3.8, 4) is 0 Å². The molecule has 0 N–H and O–H groups in total. The number of fused-ring (bicyclic) bond motifs is 1. The second-order valence-electron chi connectivity index (χ2n) is 3.39. The number of rotatable bonds is 1. The molecule has 0 radical (unpaired) electrons. The zero-order chi connectivity index (χ0) is 11.1. The van der Waals surface area contributed by atoms with Gasteiger partial charge in [0.25, 0.3) is 0 Å². The Morgan fingerprint density at radius 1 is 1.25 bits per heavy atom. The molecule has 3 nitrogen and oxygen atoms in total. The van der Waals surface area contributed by atoms with Crippen LogP contribution in [-0.4, -0.2) is 18.2 Å². The van der Waals surface area contributed by atoms with Gasteiger partial charge in [0.05, 0.1) is 5.25 Å². The summed E-state index contributed by atoms with van der Waals surface area (Å²) in [4.78, 5) is 0. The first-order valence-electron chi connectivity index (χ1n) is 4.41. The van der Waals surface area contributed by atoms with Gasteiger partial charge in [-0.3, -0.25) is 0 Å². The molecule has 0 amide bonds. The predicted molar refractivity (Wildman–Crippen MR) is 58.0 cm³/mol. The molecular weight excluding hydrogens is 235 g/mol. The SMILES string of the molecule is C=C1c2ccccc2C=CC1S(=O)(=O)[O-].[Na+]. The van der Waals surface area contributed by atoms with Gasteiger partial charge in [-0.1, -0.05) is 43.0 Å². The Morgan fingerprint density at radius 2 is 1.88 bits per heavy atom. The Bertz CT molecular complexity index is 546. The third-order valence-electron chi connectivity index (χ3n) is 2.41. The third kappa shape index (κ3) is 2.47. The fourth-order valence-electron chi connectivity index (χ4n) is 1.67. The van der Waals surface area contributed by atoms with E-state index in [2.05, 4.69) is 6.58 Å². The van der Waals surface area contributed by atoms with Gasteiger partial charge in [-0.05, 0) is 16.7 Å². The molecule has 0 bridgehead atoms. The minimum atomic E-state index is -4.35. The quantitative estimate of drug-likeness (QED) is 0.453. The van der Waals surface area contributed by atoms with Gasteiger partial charge < -0.3 is 4.55 Å². The zero-order valence-corrected chi connectivity index (χ0v) is 11.7. The van der Waals surface area contributed by atoms with Crippen molar-refractivity contribution in [1.29, 1.82) is 0 Å². The fourth-order valence-corrected chi connectivity index (χ4v) is 2.41. The number of hydrogen-bond acceptors (Lipinski definition) is 3. The van der Waals surface area contributed by atoms with Crippen molar-refractivity contribution in [3.63, 3.8) is 0 Å². The molecular formula is C11H9NaO3S. The predicted octanol–water partition coefficient (Wildman–Crippen LogP) is -1.36. The van der Waals surface area contributed by atoms with E-state index in [1.807, 2.05) is 12.1 Å². The second kappa shape index (κ2) is 4.85. The molecule has 0 spiro atoms. The fraction of sp³-hybridized carbons (Fsp3) is 0.0909. The van der Waals surface area contributed by atoms with Gasteiger partial charge in [0.1, 0.15) is 10.1 Å². The summed E-state index contributed by atoms with van der Waals surface area (Å²) in [6.07, 6.45) is 3.02. The van der Waals surface area contributed by atoms with Crippen molar-refractivity contribution >= 4 is 21.8 Å². The van der Waals surface area contributed by atoms with Crippen molar-refractivity contribution in [2.75, 3.05) is 0 Å². The van der Waals surface area contributed by atoms with Crippen LogP contribution < -0.4 is 29.6 Å². The molecule has 5 heteroatoms. The summed E-state index contributed by atoms with van der Waals surface area (Å²) < 4.78 is 32.8. The Kier molecular flexibility index (Phi) is 4.15. The Balaban J connectivity index is 0.00000128. The standard InChI is InChI=1S/C11H10O3S.Na/c1-8-10-5-3-2-4-9(10)6-7-11(8)15(12,13)14;/h2-7,11H,1H2,(H,12,13,14);/q;+1/p-1. The molecule has 1 atom stereocenters. The van der Waals surface area contributed by atoms with Crippen LogP contribution in [0.25, 0.3) is 11.6 Å². The van der Waals surface area contributed by atoms with Gasteiger partial charge in [-0.25, -0.2) is 8.42 Å². The van der Waals surface area contributed by atoms with Gasteiger partial charge in [0, 0.05) is 0 Å². The second-order valence-corrected chi connectivity index (χ2v) is 4.88. The Labute approximate surface area is 117 Å². The molecule has 0 saturated carbocycles. The van der Waals surface area contributed by atoms with Gasteiger partial charge >= 0.3 is 29.6 Å². The van der Waals surface area contributed by atoms with E-state index in [4.69, 9.17) is 0 Å². The Hall–Kier alpha value is -0.390. The molecule has 0 heterocycles. The molecule has 1 unspecified atom stereocenters. The molecule has 1 aromatic rings. The van der Waals surface area contributed by atoms with E-state index >= 15 is 0 Å². The topological polar surface area (TPSA) is 57.2 Å². The molecule has 0 aliphatic heterocycles. The van der Waals surface area contributed by atoms with Gasteiger partial charge in [-0.2, -0.15) is 0 Å². The maximum atomic E-state index is 10.9. The molecule has 0 saturated heterocycles. The molecule has 16 heavy (non-hydrogen) atoms. The van der Waals surface area contributed by atoms with E-state index in [1.54, 1.807) is 18.2 Å². The van der Waals surface area contributed by atoms with Gasteiger partial charge in [0.2, 0.25) is 0 Å². The first-order valence-corrected chi connectivity index (χ1v) is 5.88. The van der Waals surface area contributed by atoms with Crippen LogP contribution in [0.15, 0.2) is 36.9 Å². The number of hydrogen-bond donors (Lipinski definition) is 0. The molecule has 1 aromatic carbocycles. The zero-order valence-electron chi connectivity index (χ0n) is 8.88. The van der Waals surface area contributed by atoms with Crippen molar-refractivity contribution in [1.82, 2.24) is 0 Å². The molecule has 0 fully saturated rings. The molecule has 78 valence electrons. The summed E-state index contributed by atoms with van der Waals surface area (Å²) in [5.41, 5.74) is 1.97. The molecule has 1 aliphatic carbocycles. The van der Waals surface area contributed by atoms with Crippen molar-refractivity contribution in [2.45, 2.75) is 5.25 Å². The van der Waals surface area contributed by atoms with E-state index in [0.717, 1.165) is 11.1 Å². The largest absolute Gasteiger partial charge is 1.00 e. The summed E-state index contributed by atoms with van der Waals surface area (Å²) in [5, 5.41) is -1.13. The van der Waals surface area contributed by atoms with E-state index in [1.165, 1.54) is 6.08 Å². The van der Waals surface area contributed by atoms with E-state index in [-0.39, 0.29) is 29.6 Å². The summed E-state index contributed by atoms with van der Waals surface area (Å²) in [5.74, 6) is 0. The van der Waals surface area contributed by atoms with Crippen molar-refractivity contribution in [2.24, 2.45) is 0 Å². The van der Waals surface area contributed by atoms with Crippen LogP contribution in [0.3, 0.4) is 0 Å². The number of benzene rings is 1. The average Bonchev–Trinajstić information content (AvgIpc) is 2.16. The summed E-state index contributed by atoms with van der Waals surface area (Å²) in [6.45, 7) is 3.67. The monoisotopic (exact) mass is 244 g/mol. The van der Waals surface area contributed by atoms with E-state index in [9.17, 15) is 13.0 Å². The molecule has 2 rings (SSSR count). The minimum Gasteiger partial charge on any atom is -0.747 e.